The molecule has 0 saturated carbocycles. The molecule has 5 nitrogen and oxygen atoms in total. The topological polar surface area (TPSA) is 68.4 Å². The van der Waals surface area contributed by atoms with Gasteiger partial charge in [-0.05, 0) is 45.9 Å². The molecule has 1 aromatic heterocycles. The van der Waals surface area contributed by atoms with Crippen molar-refractivity contribution in [3.8, 4) is 16.9 Å². The Hall–Kier alpha value is -3.13. The first kappa shape index (κ1) is 20.2. The lowest BCUT2D eigenvalue weighted by molar-refractivity contribution is 0.0578. The lowest BCUT2D eigenvalue weighted by Crippen LogP contribution is -2.13. The van der Waals surface area contributed by atoms with Crippen molar-refractivity contribution in [2.24, 2.45) is 0 Å². The van der Waals surface area contributed by atoms with Crippen LogP contribution in [-0.2, 0) is 4.74 Å². The average molecular weight is 511 g/mol. The van der Waals surface area contributed by atoms with Gasteiger partial charge in [0, 0.05) is 16.5 Å². The average Bonchev–Trinajstić information content (AvgIpc) is 3.17. The van der Waals surface area contributed by atoms with Gasteiger partial charge in [-0.25, -0.2) is 4.79 Å². The summed E-state index contributed by atoms with van der Waals surface area (Å²) in [6, 6.07) is 24.7. The van der Waals surface area contributed by atoms with Crippen LogP contribution in [0.5, 0.6) is 5.75 Å². The quantitative estimate of drug-likeness (QED) is 0.151. The molecule has 4 rings (SSSR count). The largest absolute Gasteiger partial charge is 0.482 e. The van der Waals surface area contributed by atoms with E-state index in [1.54, 1.807) is 12.1 Å². The molecule has 1 heterocycles. The number of rotatable bonds is 7. The number of Topliss-reactive ketones (excluding diaryl/α,β-unsaturated/α-hetero) is 1. The number of hydrogen-bond acceptors (Lipinski definition) is 4. The van der Waals surface area contributed by atoms with Gasteiger partial charge in [-0.15, -0.1) is 0 Å². The Kier molecular flexibility index (Phi) is 6.13. The number of hydrogen-bond donors (Lipinski definition) is 1. The SMILES string of the molecule is O=C(COc1c(C(=O)OCI)[nH]c2ccccc12)c1ccc(-c2ccccc2)cc1. The molecule has 1 N–H and O–H groups in total. The second-order valence-corrected chi connectivity index (χ2v) is 7.19. The lowest BCUT2D eigenvalue weighted by atomic mass is 10.0. The van der Waals surface area contributed by atoms with Gasteiger partial charge in [0.1, 0.15) is 4.61 Å². The van der Waals surface area contributed by atoms with Crippen molar-refractivity contribution in [1.82, 2.24) is 4.98 Å². The molecule has 0 saturated heterocycles. The van der Waals surface area contributed by atoms with Crippen molar-refractivity contribution < 1.29 is 19.1 Å². The third-order valence-corrected chi connectivity index (χ3v) is 5.02. The Bertz CT molecular complexity index is 1180. The predicted molar refractivity (Wildman–Crippen MR) is 124 cm³/mol. The van der Waals surface area contributed by atoms with Crippen LogP contribution in [0.15, 0.2) is 78.9 Å². The molecule has 0 fully saturated rings. The minimum atomic E-state index is -0.518. The number of carbonyl (C=O) groups excluding carboxylic acids is 2. The molecule has 0 aliphatic rings. The van der Waals surface area contributed by atoms with E-state index < -0.39 is 5.97 Å². The van der Waals surface area contributed by atoms with Crippen LogP contribution < -0.4 is 4.74 Å². The molecule has 150 valence electrons. The van der Waals surface area contributed by atoms with Crippen LogP contribution in [-0.4, -0.2) is 28.0 Å². The minimum absolute atomic E-state index is 0.173. The van der Waals surface area contributed by atoms with Gasteiger partial charge in [-0.1, -0.05) is 66.7 Å². The van der Waals surface area contributed by atoms with E-state index in [9.17, 15) is 9.59 Å². The van der Waals surface area contributed by atoms with Crippen molar-refractivity contribution in [1.29, 1.82) is 0 Å². The van der Waals surface area contributed by atoms with Crippen molar-refractivity contribution in [3.63, 3.8) is 0 Å². The summed E-state index contributed by atoms with van der Waals surface area (Å²) in [5.74, 6) is -0.363. The maximum absolute atomic E-state index is 12.7. The molecule has 0 amide bonds. The third-order valence-electron chi connectivity index (χ3n) is 4.71. The number of carbonyl (C=O) groups is 2. The van der Waals surface area contributed by atoms with Crippen molar-refractivity contribution >= 4 is 45.2 Å². The highest BCUT2D eigenvalue weighted by Gasteiger charge is 2.21. The molecule has 0 aliphatic carbocycles. The van der Waals surface area contributed by atoms with Gasteiger partial charge >= 0.3 is 5.97 Å². The van der Waals surface area contributed by atoms with E-state index in [1.807, 2.05) is 89.3 Å². The molecule has 3 aromatic carbocycles. The van der Waals surface area contributed by atoms with E-state index in [0.717, 1.165) is 22.0 Å². The zero-order chi connectivity index (χ0) is 20.9. The summed E-state index contributed by atoms with van der Waals surface area (Å²) in [7, 11) is 0. The van der Waals surface area contributed by atoms with Crippen molar-refractivity contribution in [2.45, 2.75) is 0 Å². The highest BCUT2D eigenvalue weighted by Crippen LogP contribution is 2.31. The molecule has 0 unspecified atom stereocenters. The fourth-order valence-electron chi connectivity index (χ4n) is 3.23. The number of esters is 1. The van der Waals surface area contributed by atoms with Gasteiger partial charge in [0.25, 0.3) is 0 Å². The molecule has 0 atom stereocenters. The number of nitrogens with one attached hydrogen (secondary N) is 1. The molecule has 0 aliphatic heterocycles. The van der Waals surface area contributed by atoms with Gasteiger partial charge in [0.15, 0.2) is 23.8 Å². The van der Waals surface area contributed by atoms with E-state index in [2.05, 4.69) is 4.98 Å². The molecule has 30 heavy (non-hydrogen) atoms. The predicted octanol–water partition coefficient (Wildman–Crippen LogP) is 5.65. The summed E-state index contributed by atoms with van der Waals surface area (Å²) in [5.41, 5.74) is 3.62. The summed E-state index contributed by atoms with van der Waals surface area (Å²) >= 11 is 1.95. The second-order valence-electron chi connectivity index (χ2n) is 6.57. The van der Waals surface area contributed by atoms with Gasteiger partial charge in [0.2, 0.25) is 0 Å². The smallest absolute Gasteiger partial charge is 0.359 e. The zero-order valence-electron chi connectivity index (χ0n) is 15.9. The summed E-state index contributed by atoms with van der Waals surface area (Å²) in [5, 5.41) is 0.727. The number of para-hydroxylation sites is 1. The Labute approximate surface area is 187 Å². The second kappa shape index (κ2) is 9.13. The van der Waals surface area contributed by atoms with Crippen LogP contribution in [0, 0.1) is 0 Å². The summed E-state index contributed by atoms with van der Waals surface area (Å²) < 4.78 is 11.1. The van der Waals surface area contributed by atoms with Gasteiger partial charge in [-0.3, -0.25) is 4.79 Å². The highest BCUT2D eigenvalue weighted by molar-refractivity contribution is 14.1. The summed E-state index contributed by atoms with van der Waals surface area (Å²) in [6.07, 6.45) is 0. The van der Waals surface area contributed by atoms with Gasteiger partial charge < -0.3 is 14.5 Å². The Morgan fingerprint density at radius 1 is 0.833 bits per heavy atom. The summed E-state index contributed by atoms with van der Waals surface area (Å²) in [6.45, 7) is -0.183. The fraction of sp³-hybridized carbons (Fsp3) is 0.0833. The standard InChI is InChI=1S/C24H18INO4/c25-15-30-24(28)22-23(19-8-4-5-9-20(19)26-22)29-14-21(27)18-12-10-17(11-13-18)16-6-2-1-3-7-16/h1-13,26H,14-15H2. The number of aromatic amines is 1. The molecular weight excluding hydrogens is 493 g/mol. The molecule has 4 aromatic rings. The van der Waals surface area contributed by atoms with Crippen LogP contribution in [0.3, 0.4) is 0 Å². The van der Waals surface area contributed by atoms with E-state index in [-0.39, 0.29) is 22.7 Å². The first-order chi connectivity index (χ1) is 14.7. The summed E-state index contributed by atoms with van der Waals surface area (Å²) in [4.78, 5) is 28.0. The van der Waals surface area contributed by atoms with Crippen LogP contribution in [0.25, 0.3) is 22.0 Å². The molecule has 6 heteroatoms. The van der Waals surface area contributed by atoms with Crippen LogP contribution in [0.4, 0.5) is 0 Å². The van der Waals surface area contributed by atoms with E-state index in [4.69, 9.17) is 9.47 Å². The third kappa shape index (κ3) is 4.23. The number of halogens is 1. The van der Waals surface area contributed by atoms with Crippen LogP contribution in [0.1, 0.15) is 20.8 Å². The number of aromatic nitrogens is 1. The maximum Gasteiger partial charge on any atom is 0.359 e. The number of ether oxygens (including phenoxy) is 2. The lowest BCUT2D eigenvalue weighted by Gasteiger charge is -2.08. The van der Waals surface area contributed by atoms with E-state index >= 15 is 0 Å². The van der Waals surface area contributed by atoms with Crippen molar-refractivity contribution in [3.05, 3.63) is 90.1 Å². The number of alkyl halides is 1. The normalized spacial score (nSPS) is 10.7. The van der Waals surface area contributed by atoms with Crippen LogP contribution in [0.2, 0.25) is 0 Å². The van der Waals surface area contributed by atoms with E-state index in [0.29, 0.717) is 11.3 Å². The number of fused-ring (bicyclic) bond motifs is 1. The maximum atomic E-state index is 12.7. The Balaban J connectivity index is 1.53. The first-order valence-electron chi connectivity index (χ1n) is 9.32. The minimum Gasteiger partial charge on any atom is -0.482 e. The number of ketones is 1. The first-order valence-corrected chi connectivity index (χ1v) is 10.8. The monoisotopic (exact) mass is 511 g/mol. The van der Waals surface area contributed by atoms with E-state index in [1.165, 1.54) is 0 Å². The van der Waals surface area contributed by atoms with Crippen molar-refractivity contribution in [2.75, 3.05) is 11.2 Å². The molecule has 0 radical (unpaired) electrons. The van der Waals surface area contributed by atoms with Crippen LogP contribution >= 0.6 is 22.6 Å². The van der Waals surface area contributed by atoms with Gasteiger partial charge in [0.05, 0.1) is 0 Å². The highest BCUT2D eigenvalue weighted by atomic mass is 127. The Morgan fingerprint density at radius 2 is 1.50 bits per heavy atom. The molecular formula is C24H18INO4. The fourth-order valence-corrected chi connectivity index (χ4v) is 3.51. The Morgan fingerprint density at radius 3 is 2.23 bits per heavy atom. The molecule has 0 spiro atoms. The van der Waals surface area contributed by atoms with Gasteiger partial charge in [-0.2, -0.15) is 0 Å². The number of benzene rings is 3. The zero-order valence-corrected chi connectivity index (χ0v) is 18.1. The molecule has 0 bridgehead atoms. The number of H-pyrrole nitrogens is 1.